The molecule has 142 valence electrons. The molecule has 2 N–H and O–H groups in total. The van der Waals surface area contributed by atoms with Gasteiger partial charge in [-0.15, -0.1) is 0 Å². The van der Waals surface area contributed by atoms with Gasteiger partial charge in [0.2, 0.25) is 5.95 Å². The number of fused-ring (bicyclic) bond motifs is 2. The standard InChI is InChI=1S/C21H21N5OS/c1-2-28(27)16-3-4-17-19(10-16)26(13-21(17)6-7-21)20-24-11-14(12-25-20)18-9-15(22)5-8-23-18/h3-5,8-12H,2,6-7,13H2,1H3,(H2,22,23). The molecule has 28 heavy (non-hydrogen) atoms. The second-order valence-corrected chi connectivity index (χ2v) is 9.17. The van der Waals surface area contributed by atoms with Crippen LogP contribution < -0.4 is 10.6 Å². The van der Waals surface area contributed by atoms with Crippen molar-refractivity contribution < 1.29 is 4.21 Å². The van der Waals surface area contributed by atoms with Crippen molar-refractivity contribution in [3.05, 3.63) is 54.5 Å². The maximum absolute atomic E-state index is 12.3. The quantitative estimate of drug-likeness (QED) is 0.733. The van der Waals surface area contributed by atoms with Gasteiger partial charge in [0, 0.05) is 58.1 Å². The first kappa shape index (κ1) is 17.3. The second-order valence-electron chi connectivity index (χ2n) is 7.43. The van der Waals surface area contributed by atoms with E-state index in [-0.39, 0.29) is 5.41 Å². The Morgan fingerprint density at radius 2 is 1.93 bits per heavy atom. The van der Waals surface area contributed by atoms with E-state index >= 15 is 0 Å². The molecule has 2 aromatic heterocycles. The van der Waals surface area contributed by atoms with Crippen LogP contribution in [0, 0.1) is 0 Å². The molecule has 1 aromatic carbocycles. The van der Waals surface area contributed by atoms with Gasteiger partial charge >= 0.3 is 0 Å². The summed E-state index contributed by atoms with van der Waals surface area (Å²) >= 11 is 0. The van der Waals surface area contributed by atoms with Gasteiger partial charge in [-0.3, -0.25) is 9.19 Å². The second kappa shape index (κ2) is 6.38. The van der Waals surface area contributed by atoms with Crippen LogP contribution in [0.2, 0.25) is 0 Å². The summed E-state index contributed by atoms with van der Waals surface area (Å²) in [6.45, 7) is 2.82. The minimum atomic E-state index is -0.977. The highest BCUT2D eigenvalue weighted by atomic mass is 32.2. The number of nitrogens with zero attached hydrogens (tertiary/aromatic N) is 4. The molecule has 1 fully saturated rings. The van der Waals surface area contributed by atoms with Gasteiger partial charge in [0.1, 0.15) is 0 Å². The van der Waals surface area contributed by atoms with Crippen LogP contribution >= 0.6 is 0 Å². The first-order chi connectivity index (χ1) is 13.6. The molecule has 2 aliphatic rings. The first-order valence-electron chi connectivity index (χ1n) is 9.44. The van der Waals surface area contributed by atoms with Crippen LogP contribution in [0.4, 0.5) is 17.3 Å². The molecule has 0 radical (unpaired) electrons. The monoisotopic (exact) mass is 391 g/mol. The normalized spacial score (nSPS) is 17.5. The third kappa shape index (κ3) is 2.77. The summed E-state index contributed by atoms with van der Waals surface area (Å²) in [6, 6.07) is 9.79. The Labute approximate surface area is 166 Å². The third-order valence-corrected chi connectivity index (χ3v) is 6.93. The van der Waals surface area contributed by atoms with Crippen LogP contribution in [-0.2, 0) is 16.2 Å². The summed E-state index contributed by atoms with van der Waals surface area (Å²) in [7, 11) is -0.977. The van der Waals surface area contributed by atoms with E-state index in [4.69, 9.17) is 5.73 Å². The number of hydrogen-bond acceptors (Lipinski definition) is 6. The molecular weight excluding hydrogens is 370 g/mol. The Hall–Kier alpha value is -2.80. The largest absolute Gasteiger partial charge is 0.399 e. The van der Waals surface area contributed by atoms with Crippen molar-refractivity contribution in [1.29, 1.82) is 0 Å². The lowest BCUT2D eigenvalue weighted by molar-refractivity contribution is 0.684. The maximum atomic E-state index is 12.3. The smallest absolute Gasteiger partial charge is 0.229 e. The molecule has 1 aliphatic heterocycles. The summed E-state index contributed by atoms with van der Waals surface area (Å²) in [6.07, 6.45) is 7.61. The van der Waals surface area contributed by atoms with Crippen molar-refractivity contribution in [1.82, 2.24) is 15.0 Å². The molecule has 1 atom stereocenters. The van der Waals surface area contributed by atoms with E-state index < -0.39 is 10.8 Å². The molecule has 5 rings (SSSR count). The van der Waals surface area contributed by atoms with E-state index in [1.165, 1.54) is 18.4 Å². The van der Waals surface area contributed by atoms with Crippen molar-refractivity contribution in [2.45, 2.75) is 30.1 Å². The van der Waals surface area contributed by atoms with E-state index in [1.54, 1.807) is 24.7 Å². The highest BCUT2D eigenvalue weighted by Crippen LogP contribution is 2.57. The van der Waals surface area contributed by atoms with Gasteiger partial charge in [0.25, 0.3) is 0 Å². The highest BCUT2D eigenvalue weighted by molar-refractivity contribution is 7.85. The van der Waals surface area contributed by atoms with Crippen molar-refractivity contribution >= 4 is 28.1 Å². The maximum Gasteiger partial charge on any atom is 0.229 e. The van der Waals surface area contributed by atoms with Gasteiger partial charge in [-0.25, -0.2) is 9.97 Å². The molecule has 6 nitrogen and oxygen atoms in total. The zero-order valence-corrected chi connectivity index (χ0v) is 16.4. The van der Waals surface area contributed by atoms with Gasteiger partial charge in [0.15, 0.2) is 0 Å². The minimum Gasteiger partial charge on any atom is -0.399 e. The fourth-order valence-electron chi connectivity index (χ4n) is 3.92. The Morgan fingerprint density at radius 1 is 1.14 bits per heavy atom. The molecule has 3 heterocycles. The third-order valence-electron chi connectivity index (χ3n) is 5.63. The van der Waals surface area contributed by atoms with Crippen LogP contribution in [-0.4, -0.2) is 31.5 Å². The Morgan fingerprint density at radius 3 is 2.61 bits per heavy atom. The molecule has 1 saturated carbocycles. The molecule has 0 saturated heterocycles. The molecule has 1 unspecified atom stereocenters. The zero-order chi connectivity index (χ0) is 19.3. The summed E-state index contributed by atoms with van der Waals surface area (Å²) in [5.41, 5.74) is 10.7. The van der Waals surface area contributed by atoms with Crippen molar-refractivity contribution in [2.75, 3.05) is 22.9 Å². The molecule has 0 bridgehead atoms. The summed E-state index contributed by atoms with van der Waals surface area (Å²) in [5.74, 6) is 1.28. The Balaban J connectivity index is 1.52. The molecular formula is C21H21N5OS. The molecule has 1 spiro atoms. The number of nitrogens with two attached hydrogens (primary N) is 1. The van der Waals surface area contributed by atoms with E-state index in [1.807, 2.05) is 19.1 Å². The lowest BCUT2D eigenvalue weighted by atomic mass is 9.99. The van der Waals surface area contributed by atoms with Crippen molar-refractivity contribution in [3.63, 3.8) is 0 Å². The first-order valence-corrected chi connectivity index (χ1v) is 10.8. The van der Waals surface area contributed by atoms with Gasteiger partial charge < -0.3 is 10.6 Å². The van der Waals surface area contributed by atoms with E-state index in [2.05, 4.69) is 32.0 Å². The predicted octanol–water partition coefficient (Wildman–Crippen LogP) is 3.43. The Kier molecular flexibility index (Phi) is 3.94. The summed E-state index contributed by atoms with van der Waals surface area (Å²) < 4.78 is 12.3. The van der Waals surface area contributed by atoms with E-state index in [9.17, 15) is 4.21 Å². The lowest BCUT2D eigenvalue weighted by Crippen LogP contribution is -2.21. The van der Waals surface area contributed by atoms with Gasteiger partial charge in [-0.1, -0.05) is 13.0 Å². The number of aromatic nitrogens is 3. The molecule has 3 aromatic rings. The van der Waals surface area contributed by atoms with Crippen LogP contribution in [0.15, 0.2) is 53.8 Å². The number of nitrogen functional groups attached to an aromatic ring is 1. The molecule has 1 aliphatic carbocycles. The van der Waals surface area contributed by atoms with Crippen molar-refractivity contribution in [2.24, 2.45) is 0 Å². The Bertz CT molecular complexity index is 1080. The summed E-state index contributed by atoms with van der Waals surface area (Å²) in [5, 5.41) is 0. The fourth-order valence-corrected chi connectivity index (χ4v) is 4.72. The van der Waals surface area contributed by atoms with Crippen LogP contribution in [0.3, 0.4) is 0 Å². The number of pyridine rings is 1. The zero-order valence-electron chi connectivity index (χ0n) is 15.6. The van der Waals surface area contributed by atoms with Crippen LogP contribution in [0.5, 0.6) is 0 Å². The van der Waals surface area contributed by atoms with E-state index in [0.29, 0.717) is 17.4 Å². The number of rotatable bonds is 4. The lowest BCUT2D eigenvalue weighted by Gasteiger charge is -2.18. The average Bonchev–Trinajstić information content (AvgIpc) is 3.44. The van der Waals surface area contributed by atoms with Gasteiger partial charge in [0.05, 0.1) is 16.5 Å². The highest BCUT2D eigenvalue weighted by Gasteiger charge is 2.52. The van der Waals surface area contributed by atoms with Crippen LogP contribution in [0.1, 0.15) is 25.3 Å². The fraction of sp³-hybridized carbons (Fsp3) is 0.286. The minimum absolute atomic E-state index is 0.207. The molecule has 7 heteroatoms. The number of anilines is 3. The van der Waals surface area contributed by atoms with Crippen LogP contribution in [0.25, 0.3) is 11.3 Å². The number of benzene rings is 1. The number of hydrogen-bond donors (Lipinski definition) is 1. The van der Waals surface area contributed by atoms with Gasteiger partial charge in [-0.2, -0.15) is 0 Å². The van der Waals surface area contributed by atoms with Gasteiger partial charge in [-0.05, 0) is 42.7 Å². The summed E-state index contributed by atoms with van der Waals surface area (Å²) in [4.78, 5) is 16.6. The molecule has 0 amide bonds. The topological polar surface area (TPSA) is 85.0 Å². The predicted molar refractivity (Wildman–Crippen MR) is 111 cm³/mol. The van der Waals surface area contributed by atoms with Crippen molar-refractivity contribution in [3.8, 4) is 11.3 Å². The van der Waals surface area contributed by atoms with E-state index in [0.717, 1.165) is 28.4 Å². The SMILES string of the molecule is CCS(=O)c1ccc2c(c1)N(c1ncc(-c3cc(N)ccn3)cn1)CC21CC1. The average molecular weight is 392 g/mol.